The summed E-state index contributed by atoms with van der Waals surface area (Å²) in [4.78, 5) is 28.3. The third-order valence-electron chi connectivity index (χ3n) is 4.89. The fourth-order valence-corrected chi connectivity index (χ4v) is 3.59. The van der Waals surface area contributed by atoms with E-state index >= 15 is 0 Å². The van der Waals surface area contributed by atoms with Crippen molar-refractivity contribution in [3.05, 3.63) is 47.7 Å². The molecule has 0 aliphatic carbocycles. The number of nitrogens with zero attached hydrogens (tertiary/aromatic N) is 5. The molecule has 1 amide bonds. The Hall–Kier alpha value is -3.16. The largest absolute Gasteiger partial charge is 0.368 e. The van der Waals surface area contributed by atoms with Crippen LogP contribution in [0.2, 0.25) is 0 Å². The maximum Gasteiger partial charge on any atom is 0.270 e. The number of hydrogen-bond acceptors (Lipinski definition) is 6. The Morgan fingerprint density at radius 2 is 1.93 bits per heavy atom. The van der Waals surface area contributed by atoms with E-state index in [1.165, 1.54) is 12.8 Å². The van der Waals surface area contributed by atoms with Crippen LogP contribution in [0.15, 0.2) is 30.5 Å². The zero-order chi connectivity index (χ0) is 19.5. The Kier molecular flexibility index (Phi) is 5.10. The van der Waals surface area contributed by atoms with Crippen molar-refractivity contribution in [1.82, 2.24) is 24.7 Å². The van der Waals surface area contributed by atoms with Crippen LogP contribution in [0.5, 0.6) is 0 Å². The van der Waals surface area contributed by atoms with Crippen LogP contribution in [0.4, 0.5) is 11.6 Å². The molecule has 28 heavy (non-hydrogen) atoms. The molecule has 1 aliphatic rings. The Morgan fingerprint density at radius 1 is 1.11 bits per heavy atom. The van der Waals surface area contributed by atoms with Crippen LogP contribution in [-0.4, -0.2) is 51.4 Å². The molecule has 0 spiro atoms. The highest BCUT2D eigenvalue weighted by Crippen LogP contribution is 2.20. The molecule has 1 saturated heterocycles. The lowest BCUT2D eigenvalue weighted by Crippen LogP contribution is -2.30. The average Bonchev–Trinajstić information content (AvgIpc) is 3.32. The number of anilines is 2. The molecule has 4 rings (SSSR count). The first-order chi connectivity index (χ1) is 13.6. The van der Waals surface area contributed by atoms with Gasteiger partial charge in [0.1, 0.15) is 28.8 Å². The van der Waals surface area contributed by atoms with Crippen LogP contribution in [0, 0.1) is 13.8 Å². The van der Waals surface area contributed by atoms with Gasteiger partial charge in [0.05, 0.1) is 5.69 Å². The number of nitrogens with one attached hydrogen (secondary N) is 2. The van der Waals surface area contributed by atoms with E-state index in [0.29, 0.717) is 18.8 Å². The number of hydrogen-bond donors (Lipinski definition) is 2. The molecule has 2 N–H and O–H groups in total. The predicted molar refractivity (Wildman–Crippen MR) is 109 cm³/mol. The molecular weight excluding hydrogens is 354 g/mol. The van der Waals surface area contributed by atoms with Gasteiger partial charge in [0.15, 0.2) is 0 Å². The second kappa shape index (κ2) is 7.84. The van der Waals surface area contributed by atoms with E-state index in [0.717, 1.165) is 41.9 Å². The molecule has 3 aromatic heterocycles. The molecule has 1 aliphatic heterocycles. The van der Waals surface area contributed by atoms with Crippen molar-refractivity contribution >= 4 is 23.2 Å². The molecule has 0 bridgehead atoms. The van der Waals surface area contributed by atoms with E-state index in [4.69, 9.17) is 0 Å². The molecule has 0 atom stereocenters. The third kappa shape index (κ3) is 3.76. The highest BCUT2D eigenvalue weighted by molar-refractivity contribution is 5.94. The van der Waals surface area contributed by atoms with Gasteiger partial charge in [-0.3, -0.25) is 9.20 Å². The highest BCUT2D eigenvalue weighted by atomic mass is 16.1. The van der Waals surface area contributed by atoms with Gasteiger partial charge in [0, 0.05) is 38.4 Å². The van der Waals surface area contributed by atoms with Gasteiger partial charge >= 0.3 is 0 Å². The lowest BCUT2D eigenvalue weighted by atomic mass is 10.3. The summed E-state index contributed by atoms with van der Waals surface area (Å²) in [6.07, 6.45) is 4.27. The predicted octanol–water partition coefficient (Wildman–Crippen LogP) is 2.18. The summed E-state index contributed by atoms with van der Waals surface area (Å²) in [6.45, 7) is 6.91. The minimum atomic E-state index is -0.130. The lowest BCUT2D eigenvalue weighted by molar-refractivity contribution is 0.0948. The molecule has 0 radical (unpaired) electrons. The Labute approximate surface area is 164 Å². The van der Waals surface area contributed by atoms with E-state index < -0.39 is 0 Å². The fourth-order valence-electron chi connectivity index (χ4n) is 3.59. The van der Waals surface area contributed by atoms with E-state index in [-0.39, 0.29) is 5.91 Å². The van der Waals surface area contributed by atoms with Gasteiger partial charge in [-0.25, -0.2) is 15.0 Å². The standard InChI is InChI=1S/C20H25N7O/c1-14-19(27-12-4-3-7-17(27)23-14)20(28)22-9-8-21-16-13-18(25-15(2)24-16)26-10-5-6-11-26/h3-4,7,12-13H,5-6,8-11H2,1-2H3,(H,22,28)(H,21,24,25). The van der Waals surface area contributed by atoms with Gasteiger partial charge in [-0.2, -0.15) is 0 Å². The minimum absolute atomic E-state index is 0.130. The first-order valence-corrected chi connectivity index (χ1v) is 9.68. The molecule has 8 nitrogen and oxygen atoms in total. The molecule has 146 valence electrons. The lowest BCUT2D eigenvalue weighted by Gasteiger charge is -2.17. The van der Waals surface area contributed by atoms with Crippen LogP contribution < -0.4 is 15.5 Å². The number of rotatable bonds is 6. The third-order valence-corrected chi connectivity index (χ3v) is 4.89. The molecule has 0 unspecified atom stereocenters. The summed E-state index contributed by atoms with van der Waals surface area (Å²) in [5, 5.41) is 6.24. The Bertz CT molecular complexity index is 991. The SMILES string of the molecule is Cc1nc(NCCNC(=O)c2c(C)nc3ccccn23)cc(N2CCCC2)n1. The summed E-state index contributed by atoms with van der Waals surface area (Å²) in [5.74, 6) is 2.37. The van der Waals surface area contributed by atoms with Gasteiger partial charge in [-0.1, -0.05) is 6.07 Å². The normalized spacial score (nSPS) is 13.9. The van der Waals surface area contributed by atoms with Crippen LogP contribution in [0.25, 0.3) is 5.65 Å². The number of fused-ring (bicyclic) bond motifs is 1. The number of aromatic nitrogens is 4. The van der Waals surface area contributed by atoms with Crippen molar-refractivity contribution in [3.63, 3.8) is 0 Å². The van der Waals surface area contributed by atoms with Crippen LogP contribution >= 0.6 is 0 Å². The summed E-state index contributed by atoms with van der Waals surface area (Å²) in [7, 11) is 0. The number of aryl methyl sites for hydroxylation is 2. The second-order valence-electron chi connectivity index (χ2n) is 7.01. The van der Waals surface area contributed by atoms with Crippen LogP contribution in [0.3, 0.4) is 0 Å². The number of carbonyl (C=O) groups excluding carboxylic acids is 1. The fraction of sp³-hybridized carbons (Fsp3) is 0.400. The summed E-state index contributed by atoms with van der Waals surface area (Å²) >= 11 is 0. The Morgan fingerprint density at radius 3 is 2.75 bits per heavy atom. The number of pyridine rings is 1. The first kappa shape index (κ1) is 18.2. The molecule has 1 fully saturated rings. The zero-order valence-electron chi connectivity index (χ0n) is 16.3. The molecule has 3 aromatic rings. The Balaban J connectivity index is 1.35. The van der Waals surface area contributed by atoms with Gasteiger partial charge in [-0.15, -0.1) is 0 Å². The molecular formula is C20H25N7O. The van der Waals surface area contributed by atoms with Gasteiger partial charge < -0.3 is 15.5 Å². The minimum Gasteiger partial charge on any atom is -0.368 e. The van der Waals surface area contributed by atoms with E-state index in [9.17, 15) is 4.79 Å². The summed E-state index contributed by atoms with van der Waals surface area (Å²) < 4.78 is 1.81. The van der Waals surface area contributed by atoms with Gasteiger partial charge in [-0.05, 0) is 38.8 Å². The van der Waals surface area contributed by atoms with Gasteiger partial charge in [0.25, 0.3) is 5.91 Å². The maximum absolute atomic E-state index is 12.6. The zero-order valence-corrected chi connectivity index (χ0v) is 16.3. The first-order valence-electron chi connectivity index (χ1n) is 9.68. The number of imidazole rings is 1. The highest BCUT2D eigenvalue weighted by Gasteiger charge is 2.16. The van der Waals surface area contributed by atoms with Crippen LogP contribution in [-0.2, 0) is 0 Å². The monoisotopic (exact) mass is 379 g/mol. The average molecular weight is 379 g/mol. The van der Waals surface area contributed by atoms with Crippen molar-refractivity contribution in [2.24, 2.45) is 0 Å². The maximum atomic E-state index is 12.6. The quantitative estimate of drug-likeness (QED) is 0.639. The molecule has 0 aromatic carbocycles. The van der Waals surface area contributed by atoms with Crippen molar-refractivity contribution < 1.29 is 4.79 Å². The van der Waals surface area contributed by atoms with E-state index in [1.54, 1.807) is 0 Å². The summed E-state index contributed by atoms with van der Waals surface area (Å²) in [5.41, 5.74) is 2.07. The van der Waals surface area contributed by atoms with E-state index in [1.807, 2.05) is 48.7 Å². The van der Waals surface area contributed by atoms with Crippen molar-refractivity contribution in [2.45, 2.75) is 26.7 Å². The number of amides is 1. The number of carbonyl (C=O) groups is 1. The second-order valence-corrected chi connectivity index (χ2v) is 7.01. The van der Waals surface area contributed by atoms with Gasteiger partial charge in [0.2, 0.25) is 0 Å². The van der Waals surface area contributed by atoms with Crippen molar-refractivity contribution in [1.29, 1.82) is 0 Å². The van der Waals surface area contributed by atoms with Crippen molar-refractivity contribution in [2.75, 3.05) is 36.4 Å². The molecule has 8 heteroatoms. The topological polar surface area (TPSA) is 87.4 Å². The van der Waals surface area contributed by atoms with Crippen LogP contribution in [0.1, 0.15) is 34.8 Å². The molecule has 0 saturated carbocycles. The smallest absolute Gasteiger partial charge is 0.270 e. The van der Waals surface area contributed by atoms with E-state index in [2.05, 4.69) is 30.5 Å². The summed E-state index contributed by atoms with van der Waals surface area (Å²) in [6, 6.07) is 7.67. The van der Waals surface area contributed by atoms with Crippen molar-refractivity contribution in [3.8, 4) is 0 Å². The molecule has 4 heterocycles.